The Kier molecular flexibility index (Phi) is 23.1. The predicted octanol–water partition coefficient (Wildman–Crippen LogP) is 0.704. The quantitative estimate of drug-likeness (QED) is 0.0957. The second-order valence-electron chi connectivity index (χ2n) is 11.3. The van der Waals surface area contributed by atoms with Gasteiger partial charge in [-0.05, 0) is 41.5 Å². The Morgan fingerprint density at radius 2 is 0.767 bits per heavy atom. The van der Waals surface area contributed by atoms with E-state index in [-0.39, 0.29) is 51.0 Å². The Bertz CT molecular complexity index is 710. The van der Waals surface area contributed by atoms with Crippen molar-refractivity contribution in [3.05, 3.63) is 0 Å². The number of ether oxygens (including phenoxy) is 6. The highest BCUT2D eigenvalue weighted by Gasteiger charge is 2.16. The van der Waals surface area contributed by atoms with E-state index in [0.717, 1.165) is 0 Å². The maximum Gasteiger partial charge on any atom is 0.407 e. The fraction of sp³-hybridized carbons (Fsp3) is 0.857. The van der Waals surface area contributed by atoms with Gasteiger partial charge in [-0.2, -0.15) is 0 Å². The van der Waals surface area contributed by atoms with Crippen LogP contribution in [0.4, 0.5) is 9.59 Å². The highest BCUT2D eigenvalue weighted by Crippen LogP contribution is 2.06. The van der Waals surface area contributed by atoms with Crippen LogP contribution in [0.15, 0.2) is 0 Å². The van der Waals surface area contributed by atoms with Gasteiger partial charge in [0.05, 0.1) is 52.9 Å². The average molecular weight is 622 g/mol. The van der Waals surface area contributed by atoms with E-state index in [1.807, 2.05) is 0 Å². The lowest BCUT2D eigenvalue weighted by molar-refractivity contribution is -0.123. The van der Waals surface area contributed by atoms with Crippen LogP contribution in [0.5, 0.6) is 0 Å². The van der Waals surface area contributed by atoms with Crippen LogP contribution in [0.1, 0.15) is 54.4 Å². The summed E-state index contributed by atoms with van der Waals surface area (Å²) in [5.74, 6) is -0.314. The lowest BCUT2D eigenvalue weighted by Crippen LogP contribution is -2.38. The van der Waals surface area contributed by atoms with Crippen LogP contribution in [0.2, 0.25) is 0 Å². The summed E-state index contributed by atoms with van der Waals surface area (Å²) in [6.45, 7) is 16.5. The summed E-state index contributed by atoms with van der Waals surface area (Å²) in [5.41, 5.74) is -1.12. The first-order chi connectivity index (χ1) is 20.3. The summed E-state index contributed by atoms with van der Waals surface area (Å²) in [6, 6.07) is 0. The Balaban J connectivity index is 3.34. The first kappa shape index (κ1) is 40.3. The van der Waals surface area contributed by atoms with Gasteiger partial charge in [-0.25, -0.2) is 9.59 Å². The summed E-state index contributed by atoms with van der Waals surface area (Å²) < 4.78 is 31.9. The summed E-state index contributed by atoms with van der Waals surface area (Å²) in [4.78, 5) is 46.5. The Morgan fingerprint density at radius 3 is 1.12 bits per heavy atom. The Morgan fingerprint density at radius 1 is 0.442 bits per heavy atom. The molecule has 0 fully saturated rings. The van der Waals surface area contributed by atoms with Crippen molar-refractivity contribution < 1.29 is 47.6 Å². The predicted molar refractivity (Wildman–Crippen MR) is 160 cm³/mol. The number of hydrogen-bond donors (Lipinski definition) is 5. The number of hydrogen-bond acceptors (Lipinski definition) is 11. The van der Waals surface area contributed by atoms with Crippen LogP contribution in [0.25, 0.3) is 0 Å². The number of alkyl carbamates (subject to hydrolysis) is 2. The molecule has 0 heterocycles. The van der Waals surface area contributed by atoms with Gasteiger partial charge in [0.25, 0.3) is 0 Å². The number of carbonyl (C=O) groups excluding carboxylic acids is 4. The minimum atomic E-state index is -0.560. The monoisotopic (exact) mass is 621 g/mol. The Hall–Kier alpha value is -2.72. The van der Waals surface area contributed by atoms with E-state index in [1.165, 1.54) is 0 Å². The molecule has 5 N–H and O–H groups in total. The van der Waals surface area contributed by atoms with E-state index < -0.39 is 23.4 Å². The molecule has 0 atom stereocenters. The number of nitrogens with one attached hydrogen (secondary N) is 5. The molecule has 0 spiro atoms. The second kappa shape index (κ2) is 24.7. The van der Waals surface area contributed by atoms with Crippen molar-refractivity contribution >= 4 is 24.0 Å². The van der Waals surface area contributed by atoms with Crippen LogP contribution in [0.3, 0.4) is 0 Å². The van der Waals surface area contributed by atoms with Gasteiger partial charge in [-0.15, -0.1) is 0 Å². The zero-order chi connectivity index (χ0) is 32.4. The van der Waals surface area contributed by atoms with E-state index in [1.54, 1.807) is 41.5 Å². The third kappa shape index (κ3) is 32.0. The van der Waals surface area contributed by atoms with Crippen LogP contribution < -0.4 is 26.6 Å². The van der Waals surface area contributed by atoms with Gasteiger partial charge in [0, 0.05) is 52.1 Å². The highest BCUT2D eigenvalue weighted by molar-refractivity contribution is 5.76. The van der Waals surface area contributed by atoms with Gasteiger partial charge in [0.15, 0.2) is 0 Å². The maximum absolute atomic E-state index is 11.8. The lowest BCUT2D eigenvalue weighted by atomic mass is 10.2. The third-order valence-electron chi connectivity index (χ3n) is 4.77. The van der Waals surface area contributed by atoms with Gasteiger partial charge >= 0.3 is 12.2 Å². The molecule has 252 valence electrons. The van der Waals surface area contributed by atoms with Crippen molar-refractivity contribution in [2.24, 2.45) is 0 Å². The van der Waals surface area contributed by atoms with Crippen molar-refractivity contribution in [2.45, 2.75) is 65.6 Å². The highest BCUT2D eigenvalue weighted by atomic mass is 16.6. The molecule has 0 aromatic rings. The SMILES string of the molecule is CC(C)(C)OC(=O)NCCNC(=O)CCOCCOCCNCCOCCOCCC(=O)NCCNC(=O)OC(C)(C)C. The zero-order valence-electron chi connectivity index (χ0n) is 26.9. The van der Waals surface area contributed by atoms with Crippen LogP contribution in [-0.4, -0.2) is 127 Å². The topological polar surface area (TPSA) is 184 Å². The first-order valence-corrected chi connectivity index (χ1v) is 14.8. The first-order valence-electron chi connectivity index (χ1n) is 14.8. The van der Waals surface area contributed by atoms with Gasteiger partial charge < -0.3 is 55.0 Å². The minimum absolute atomic E-state index is 0.157. The summed E-state index contributed by atoms with van der Waals surface area (Å²) >= 11 is 0. The largest absolute Gasteiger partial charge is 0.444 e. The zero-order valence-corrected chi connectivity index (χ0v) is 26.9. The molecular weight excluding hydrogens is 566 g/mol. The molecule has 0 bridgehead atoms. The summed E-state index contributed by atoms with van der Waals surface area (Å²) in [7, 11) is 0. The summed E-state index contributed by atoms with van der Waals surface area (Å²) in [5, 5.41) is 13.7. The smallest absolute Gasteiger partial charge is 0.407 e. The van der Waals surface area contributed by atoms with Crippen molar-refractivity contribution in [3.8, 4) is 0 Å². The molecule has 0 radical (unpaired) electrons. The van der Waals surface area contributed by atoms with E-state index in [9.17, 15) is 19.2 Å². The van der Waals surface area contributed by atoms with E-state index in [0.29, 0.717) is 65.8 Å². The number of amides is 4. The van der Waals surface area contributed by atoms with Crippen molar-refractivity contribution in [2.75, 3.05) is 92.1 Å². The van der Waals surface area contributed by atoms with Gasteiger partial charge in [-0.3, -0.25) is 9.59 Å². The van der Waals surface area contributed by atoms with Crippen LogP contribution in [0, 0.1) is 0 Å². The third-order valence-corrected chi connectivity index (χ3v) is 4.77. The molecule has 0 rings (SSSR count). The number of rotatable bonds is 24. The molecule has 43 heavy (non-hydrogen) atoms. The molecule has 0 aromatic heterocycles. The molecule has 15 nitrogen and oxygen atoms in total. The van der Waals surface area contributed by atoms with Crippen LogP contribution in [-0.2, 0) is 38.0 Å². The normalized spacial score (nSPS) is 11.5. The van der Waals surface area contributed by atoms with Gasteiger partial charge in [0.1, 0.15) is 11.2 Å². The Labute approximate surface area is 256 Å². The molecule has 0 aliphatic heterocycles. The fourth-order valence-corrected chi connectivity index (χ4v) is 2.93. The van der Waals surface area contributed by atoms with Gasteiger partial charge in [0.2, 0.25) is 11.8 Å². The molecular formula is C28H55N5O10. The maximum atomic E-state index is 11.8. The minimum Gasteiger partial charge on any atom is -0.444 e. The molecule has 0 aliphatic rings. The molecule has 0 saturated heterocycles. The summed E-state index contributed by atoms with van der Waals surface area (Å²) in [6.07, 6.45) is -0.580. The van der Waals surface area contributed by atoms with E-state index >= 15 is 0 Å². The van der Waals surface area contributed by atoms with E-state index in [2.05, 4.69) is 26.6 Å². The molecule has 0 aromatic carbocycles. The average Bonchev–Trinajstić information content (AvgIpc) is 2.89. The fourth-order valence-electron chi connectivity index (χ4n) is 2.93. The second-order valence-corrected chi connectivity index (χ2v) is 11.3. The standard InChI is InChI=1S/C28H55N5O10/c1-27(2,3)42-25(36)32-11-9-30-23(34)7-15-38-19-21-40-17-13-29-14-18-41-22-20-39-16-8-24(35)31-10-12-33-26(37)43-28(4,5)6/h29H,7-22H2,1-6H3,(H,30,34)(H,31,35)(H,32,36)(H,33,37). The number of carbonyl (C=O) groups is 4. The van der Waals surface area contributed by atoms with E-state index in [4.69, 9.17) is 28.4 Å². The van der Waals surface area contributed by atoms with Crippen molar-refractivity contribution in [3.63, 3.8) is 0 Å². The van der Waals surface area contributed by atoms with Crippen molar-refractivity contribution in [1.82, 2.24) is 26.6 Å². The molecule has 0 unspecified atom stereocenters. The molecule has 0 saturated carbocycles. The molecule has 4 amide bonds. The van der Waals surface area contributed by atoms with Gasteiger partial charge in [-0.1, -0.05) is 0 Å². The van der Waals surface area contributed by atoms with Crippen LogP contribution >= 0.6 is 0 Å². The lowest BCUT2D eigenvalue weighted by Gasteiger charge is -2.19. The molecule has 15 heteroatoms. The van der Waals surface area contributed by atoms with Crippen molar-refractivity contribution in [1.29, 1.82) is 0 Å². The molecule has 0 aliphatic carbocycles.